The monoisotopic (exact) mass is 393 g/mol. The molecule has 0 unspecified atom stereocenters. The third-order valence-corrected chi connectivity index (χ3v) is 4.85. The van der Waals surface area contributed by atoms with Gasteiger partial charge in [-0.05, 0) is 28.1 Å². The largest absolute Gasteiger partial charge is 0.444 e. The van der Waals surface area contributed by atoms with Crippen LogP contribution in [0.5, 0.6) is 0 Å². The molecule has 2 saturated heterocycles. The number of halogens is 1. The van der Waals surface area contributed by atoms with Crippen LogP contribution in [0.3, 0.4) is 0 Å². The van der Waals surface area contributed by atoms with Crippen molar-refractivity contribution in [1.29, 1.82) is 0 Å². The highest BCUT2D eigenvalue weighted by molar-refractivity contribution is 9.10. The second kappa shape index (κ2) is 5.66. The van der Waals surface area contributed by atoms with Crippen molar-refractivity contribution >= 4 is 33.6 Å². The van der Waals surface area contributed by atoms with Crippen LogP contribution in [0.4, 0.5) is 10.5 Å². The molecule has 0 bridgehead atoms. The van der Waals surface area contributed by atoms with Gasteiger partial charge in [0, 0.05) is 39.4 Å². The van der Waals surface area contributed by atoms with Gasteiger partial charge in [-0.1, -0.05) is 0 Å². The summed E-state index contributed by atoms with van der Waals surface area (Å²) < 4.78 is 7.65. The standard InChI is InChI=1S/C15H16BrN5O3/c1-18-4-5-20(15(18)23)10-6-17-21(9-10)11-7-19(8-11)14(22)12-2-3-13(16)24-12/h2-3,6,9,11H,4-5,7-8H2,1H3. The molecule has 4 rings (SSSR count). The lowest BCUT2D eigenvalue weighted by Crippen LogP contribution is -2.50. The number of anilines is 1. The maximum atomic E-state index is 12.2. The molecule has 2 aromatic heterocycles. The number of carbonyl (C=O) groups excluding carboxylic acids is 2. The number of likely N-dealkylation sites (N-methyl/N-ethyl adjacent to an activating group) is 1. The second-order valence-corrected chi connectivity index (χ2v) is 6.78. The highest BCUT2D eigenvalue weighted by Gasteiger charge is 2.35. The Bertz CT molecular complexity index is 795. The van der Waals surface area contributed by atoms with Gasteiger partial charge in [-0.15, -0.1) is 0 Å². The molecule has 126 valence electrons. The van der Waals surface area contributed by atoms with Crippen LogP contribution in [0, 0.1) is 0 Å². The fraction of sp³-hybridized carbons (Fsp3) is 0.400. The topological polar surface area (TPSA) is 74.8 Å². The molecule has 0 aromatic carbocycles. The fourth-order valence-corrected chi connectivity index (χ4v) is 3.23. The summed E-state index contributed by atoms with van der Waals surface area (Å²) in [6.07, 6.45) is 3.57. The van der Waals surface area contributed by atoms with E-state index in [-0.39, 0.29) is 18.0 Å². The van der Waals surface area contributed by atoms with Gasteiger partial charge in [0.05, 0.1) is 17.9 Å². The number of amides is 3. The number of aromatic nitrogens is 2. The summed E-state index contributed by atoms with van der Waals surface area (Å²) in [5.41, 5.74) is 0.795. The van der Waals surface area contributed by atoms with Crippen LogP contribution in [-0.2, 0) is 0 Å². The van der Waals surface area contributed by atoms with Crippen LogP contribution in [-0.4, -0.2) is 64.7 Å². The Morgan fingerprint density at radius 1 is 1.33 bits per heavy atom. The number of hydrogen-bond acceptors (Lipinski definition) is 4. The molecule has 3 amide bonds. The van der Waals surface area contributed by atoms with Crippen molar-refractivity contribution in [2.45, 2.75) is 6.04 Å². The lowest BCUT2D eigenvalue weighted by Gasteiger charge is -2.38. The zero-order valence-corrected chi connectivity index (χ0v) is 14.6. The van der Waals surface area contributed by atoms with E-state index in [1.807, 2.05) is 10.9 Å². The first-order valence-electron chi connectivity index (χ1n) is 7.64. The lowest BCUT2D eigenvalue weighted by molar-refractivity contribution is 0.0468. The Morgan fingerprint density at radius 2 is 2.12 bits per heavy atom. The van der Waals surface area contributed by atoms with E-state index in [9.17, 15) is 9.59 Å². The Balaban J connectivity index is 1.39. The van der Waals surface area contributed by atoms with Gasteiger partial charge >= 0.3 is 6.03 Å². The van der Waals surface area contributed by atoms with E-state index in [0.29, 0.717) is 36.6 Å². The van der Waals surface area contributed by atoms with Crippen molar-refractivity contribution in [1.82, 2.24) is 19.6 Å². The number of hydrogen-bond donors (Lipinski definition) is 0. The molecule has 2 aliphatic heterocycles. The van der Waals surface area contributed by atoms with Gasteiger partial charge in [0.15, 0.2) is 10.4 Å². The highest BCUT2D eigenvalue weighted by Crippen LogP contribution is 2.27. The van der Waals surface area contributed by atoms with Crippen molar-refractivity contribution in [3.8, 4) is 0 Å². The van der Waals surface area contributed by atoms with Crippen LogP contribution in [0.2, 0.25) is 0 Å². The predicted octanol–water partition coefficient (Wildman–Crippen LogP) is 1.81. The number of rotatable bonds is 3. The maximum Gasteiger partial charge on any atom is 0.324 e. The number of nitrogens with zero attached hydrogens (tertiary/aromatic N) is 5. The lowest BCUT2D eigenvalue weighted by atomic mass is 10.1. The molecule has 9 heteroatoms. The highest BCUT2D eigenvalue weighted by atomic mass is 79.9. The molecule has 2 aliphatic rings. The zero-order valence-electron chi connectivity index (χ0n) is 13.1. The summed E-state index contributed by atoms with van der Waals surface area (Å²) in [5, 5.41) is 4.35. The first-order valence-corrected chi connectivity index (χ1v) is 8.43. The first-order chi connectivity index (χ1) is 11.5. The van der Waals surface area contributed by atoms with Crippen LogP contribution >= 0.6 is 15.9 Å². The van der Waals surface area contributed by atoms with Crippen LogP contribution in [0.1, 0.15) is 16.6 Å². The second-order valence-electron chi connectivity index (χ2n) is 6.00. The quantitative estimate of drug-likeness (QED) is 0.796. The number of furan rings is 1. The van der Waals surface area contributed by atoms with E-state index in [1.54, 1.807) is 40.1 Å². The number of urea groups is 1. The minimum absolute atomic E-state index is 0.0108. The van der Waals surface area contributed by atoms with Gasteiger partial charge in [-0.3, -0.25) is 14.4 Å². The molecule has 0 spiro atoms. The fourth-order valence-electron chi connectivity index (χ4n) is 2.93. The summed E-state index contributed by atoms with van der Waals surface area (Å²) in [5.74, 6) is 0.202. The molecular weight excluding hydrogens is 378 g/mol. The Hall–Kier alpha value is -2.29. The van der Waals surface area contributed by atoms with Gasteiger partial charge in [0.1, 0.15) is 0 Å². The third-order valence-electron chi connectivity index (χ3n) is 4.42. The molecule has 2 fully saturated rings. The Labute approximate surface area is 146 Å². The van der Waals surface area contributed by atoms with Gasteiger partial charge < -0.3 is 14.2 Å². The molecule has 8 nitrogen and oxygen atoms in total. The number of carbonyl (C=O) groups is 2. The normalized spacial score (nSPS) is 18.4. The van der Waals surface area contributed by atoms with Crippen LogP contribution in [0.25, 0.3) is 0 Å². The van der Waals surface area contributed by atoms with Crippen molar-refractivity contribution in [3.63, 3.8) is 0 Å². The number of likely N-dealkylation sites (tertiary alicyclic amines) is 1. The first kappa shape index (κ1) is 15.3. The SMILES string of the molecule is CN1CCN(c2cnn(C3CN(C(=O)c4ccc(Br)o4)C3)c2)C1=O. The van der Waals surface area contributed by atoms with Crippen LogP contribution in [0.15, 0.2) is 33.6 Å². The Kier molecular flexibility index (Phi) is 3.60. The van der Waals surface area contributed by atoms with E-state index < -0.39 is 0 Å². The van der Waals surface area contributed by atoms with Gasteiger partial charge in [0.2, 0.25) is 0 Å². The maximum absolute atomic E-state index is 12.2. The average Bonchev–Trinajstić information content (AvgIpc) is 3.21. The molecule has 24 heavy (non-hydrogen) atoms. The summed E-state index contributed by atoms with van der Waals surface area (Å²) in [6.45, 7) is 2.54. The third kappa shape index (κ3) is 2.48. The van der Waals surface area contributed by atoms with Crippen LogP contribution < -0.4 is 4.90 Å². The van der Waals surface area contributed by atoms with Crippen molar-refractivity contribution in [2.75, 3.05) is 38.1 Å². The smallest absolute Gasteiger partial charge is 0.324 e. The van der Waals surface area contributed by atoms with Crippen molar-refractivity contribution < 1.29 is 14.0 Å². The summed E-state index contributed by atoms with van der Waals surface area (Å²) >= 11 is 3.19. The van der Waals surface area contributed by atoms with Gasteiger partial charge in [0.25, 0.3) is 5.91 Å². The molecule has 4 heterocycles. The summed E-state index contributed by atoms with van der Waals surface area (Å²) in [6, 6.07) is 3.47. The molecule has 0 N–H and O–H groups in total. The molecule has 0 saturated carbocycles. The minimum Gasteiger partial charge on any atom is -0.444 e. The van der Waals surface area contributed by atoms with E-state index in [0.717, 1.165) is 5.69 Å². The predicted molar refractivity (Wildman–Crippen MR) is 88.9 cm³/mol. The van der Waals surface area contributed by atoms with E-state index >= 15 is 0 Å². The minimum atomic E-state index is -0.124. The Morgan fingerprint density at radius 3 is 2.75 bits per heavy atom. The molecule has 0 atom stereocenters. The molecule has 0 radical (unpaired) electrons. The van der Waals surface area contributed by atoms with E-state index in [4.69, 9.17) is 4.42 Å². The van der Waals surface area contributed by atoms with E-state index in [1.165, 1.54) is 0 Å². The van der Waals surface area contributed by atoms with Crippen molar-refractivity contribution in [3.05, 3.63) is 35.0 Å². The van der Waals surface area contributed by atoms with E-state index in [2.05, 4.69) is 21.0 Å². The molecular formula is C15H16BrN5O3. The summed E-state index contributed by atoms with van der Waals surface area (Å²) in [4.78, 5) is 29.4. The molecule has 2 aromatic rings. The zero-order chi connectivity index (χ0) is 16.8. The average molecular weight is 394 g/mol. The summed E-state index contributed by atoms with van der Waals surface area (Å²) in [7, 11) is 1.79. The van der Waals surface area contributed by atoms with Gasteiger partial charge in [-0.2, -0.15) is 5.10 Å². The molecule has 0 aliphatic carbocycles. The van der Waals surface area contributed by atoms with Crippen molar-refractivity contribution in [2.24, 2.45) is 0 Å². The van der Waals surface area contributed by atoms with Gasteiger partial charge in [-0.25, -0.2) is 4.79 Å².